The van der Waals surface area contributed by atoms with Crippen molar-refractivity contribution in [3.63, 3.8) is 0 Å². The third-order valence-corrected chi connectivity index (χ3v) is 4.17. The normalized spacial score (nSPS) is 11.4. The molecule has 0 fully saturated rings. The molecule has 0 aliphatic carbocycles. The molecule has 0 saturated carbocycles. The van der Waals surface area contributed by atoms with Crippen molar-refractivity contribution in [1.82, 2.24) is 9.71 Å². The van der Waals surface area contributed by atoms with E-state index >= 15 is 0 Å². The predicted molar refractivity (Wildman–Crippen MR) is 73.2 cm³/mol. The Hall–Kier alpha value is -1.83. The smallest absolute Gasteiger partial charge is 0.352 e. The summed E-state index contributed by atoms with van der Waals surface area (Å²) in [6.45, 7) is 0.0660. The summed E-state index contributed by atoms with van der Waals surface area (Å²) in [6.07, 6.45) is 1.13. The van der Waals surface area contributed by atoms with E-state index in [9.17, 15) is 13.2 Å². The fraction of sp³-hybridized carbons (Fsp3) is 0.0833. The van der Waals surface area contributed by atoms with Crippen molar-refractivity contribution in [2.45, 2.75) is 11.4 Å². The van der Waals surface area contributed by atoms with E-state index < -0.39 is 16.0 Å². The van der Waals surface area contributed by atoms with Gasteiger partial charge in [-0.2, -0.15) is 0 Å². The van der Waals surface area contributed by atoms with Crippen LogP contribution in [0.5, 0.6) is 0 Å². The van der Waals surface area contributed by atoms with E-state index in [1.807, 2.05) is 0 Å². The van der Waals surface area contributed by atoms with Gasteiger partial charge in [-0.15, -0.1) is 0 Å². The van der Waals surface area contributed by atoms with Crippen LogP contribution in [0.15, 0.2) is 41.4 Å². The van der Waals surface area contributed by atoms with E-state index in [1.165, 1.54) is 0 Å². The summed E-state index contributed by atoms with van der Waals surface area (Å²) >= 11 is 5.80. The molecule has 1 aromatic carbocycles. The van der Waals surface area contributed by atoms with Crippen LogP contribution in [0.2, 0.25) is 5.02 Å². The Morgan fingerprint density at radius 3 is 2.70 bits per heavy atom. The highest BCUT2D eigenvalue weighted by Crippen LogP contribution is 2.13. The molecule has 0 unspecified atom stereocenters. The predicted octanol–water partition coefficient (Wildman–Crippen LogP) is 1.84. The molecule has 0 atom stereocenters. The van der Waals surface area contributed by atoms with Gasteiger partial charge in [0.25, 0.3) is 0 Å². The summed E-state index contributed by atoms with van der Waals surface area (Å²) in [5.74, 6) is -1.22. The molecule has 3 N–H and O–H groups in total. The van der Waals surface area contributed by atoms with Crippen molar-refractivity contribution in [1.29, 1.82) is 0 Å². The molecule has 0 amide bonds. The van der Waals surface area contributed by atoms with E-state index in [2.05, 4.69) is 9.71 Å². The summed E-state index contributed by atoms with van der Waals surface area (Å²) < 4.78 is 26.3. The lowest BCUT2D eigenvalue weighted by Gasteiger charge is -2.05. The highest BCUT2D eigenvalue weighted by Gasteiger charge is 2.17. The Balaban J connectivity index is 2.12. The lowest BCUT2D eigenvalue weighted by molar-refractivity contribution is 0.0691. The number of aromatic nitrogens is 1. The van der Waals surface area contributed by atoms with Crippen molar-refractivity contribution < 1.29 is 18.3 Å². The zero-order valence-corrected chi connectivity index (χ0v) is 11.7. The number of hydrogen-bond acceptors (Lipinski definition) is 3. The molecule has 0 bridgehead atoms. The van der Waals surface area contributed by atoms with Gasteiger partial charge < -0.3 is 10.1 Å². The van der Waals surface area contributed by atoms with Gasteiger partial charge in [-0.05, 0) is 23.8 Å². The summed E-state index contributed by atoms with van der Waals surface area (Å²) in [4.78, 5) is 12.9. The van der Waals surface area contributed by atoms with E-state index in [1.54, 1.807) is 24.3 Å². The zero-order valence-electron chi connectivity index (χ0n) is 10.1. The van der Waals surface area contributed by atoms with Gasteiger partial charge in [-0.1, -0.05) is 23.7 Å². The quantitative estimate of drug-likeness (QED) is 0.784. The fourth-order valence-corrected chi connectivity index (χ4v) is 2.79. The highest BCUT2D eigenvalue weighted by molar-refractivity contribution is 7.89. The molecule has 106 valence electrons. The molecule has 0 aliphatic heterocycles. The second-order valence-electron chi connectivity index (χ2n) is 4.01. The minimum absolute atomic E-state index is 0.0660. The van der Waals surface area contributed by atoms with Crippen molar-refractivity contribution in [2.24, 2.45) is 0 Å². The molecule has 0 saturated heterocycles. The third-order valence-electron chi connectivity index (χ3n) is 2.55. The molecule has 20 heavy (non-hydrogen) atoms. The first-order valence-electron chi connectivity index (χ1n) is 5.54. The molecular formula is C12H11ClN2O4S. The van der Waals surface area contributed by atoms with E-state index in [0.717, 1.165) is 12.3 Å². The number of halogens is 1. The van der Waals surface area contributed by atoms with E-state index in [4.69, 9.17) is 16.7 Å². The van der Waals surface area contributed by atoms with Gasteiger partial charge in [0.05, 0.1) is 0 Å². The zero-order chi connectivity index (χ0) is 14.8. The molecule has 0 spiro atoms. The van der Waals surface area contributed by atoms with Crippen LogP contribution >= 0.6 is 11.6 Å². The SMILES string of the molecule is O=C(O)c1cc(S(=O)(=O)NCc2cccc(Cl)c2)c[nH]1. The maximum Gasteiger partial charge on any atom is 0.352 e. The average molecular weight is 315 g/mol. The van der Waals surface area contributed by atoms with Gasteiger partial charge in [-0.3, -0.25) is 0 Å². The molecule has 0 aliphatic rings. The van der Waals surface area contributed by atoms with Crippen molar-refractivity contribution in [3.8, 4) is 0 Å². The molecule has 0 radical (unpaired) electrons. The van der Waals surface area contributed by atoms with Gasteiger partial charge in [0.2, 0.25) is 10.0 Å². The van der Waals surface area contributed by atoms with Crippen LogP contribution < -0.4 is 4.72 Å². The number of hydrogen-bond donors (Lipinski definition) is 3. The summed E-state index contributed by atoms with van der Waals surface area (Å²) in [5.41, 5.74) is 0.517. The second kappa shape index (κ2) is 5.66. The molecular weight excluding hydrogens is 304 g/mol. The number of carboxylic acids is 1. The summed E-state index contributed by atoms with van der Waals surface area (Å²) in [7, 11) is -3.77. The molecule has 2 aromatic rings. The first-order valence-corrected chi connectivity index (χ1v) is 7.40. The largest absolute Gasteiger partial charge is 0.477 e. The summed E-state index contributed by atoms with van der Waals surface area (Å²) in [6, 6.07) is 7.83. The molecule has 6 nitrogen and oxygen atoms in total. The van der Waals surface area contributed by atoms with Gasteiger partial charge in [0.15, 0.2) is 0 Å². The van der Waals surface area contributed by atoms with E-state index in [0.29, 0.717) is 10.6 Å². The van der Waals surface area contributed by atoms with E-state index in [-0.39, 0.29) is 17.1 Å². The van der Waals surface area contributed by atoms with Gasteiger partial charge in [-0.25, -0.2) is 17.9 Å². The minimum atomic E-state index is -3.77. The Labute approximate surface area is 120 Å². The Morgan fingerprint density at radius 2 is 2.10 bits per heavy atom. The topological polar surface area (TPSA) is 99.3 Å². The standard InChI is InChI=1S/C12H11ClN2O4S/c13-9-3-1-2-8(4-9)6-15-20(18,19)10-5-11(12(16)17)14-7-10/h1-5,7,14-15H,6H2,(H,16,17). The van der Waals surface area contributed by atoms with Gasteiger partial charge in [0, 0.05) is 17.8 Å². The number of rotatable bonds is 5. The lowest BCUT2D eigenvalue weighted by Crippen LogP contribution is -2.22. The maximum absolute atomic E-state index is 12.0. The average Bonchev–Trinajstić information content (AvgIpc) is 2.87. The Kier molecular flexibility index (Phi) is 4.12. The van der Waals surface area contributed by atoms with Crippen LogP contribution in [0, 0.1) is 0 Å². The van der Waals surface area contributed by atoms with Crippen LogP contribution in [-0.2, 0) is 16.6 Å². The first-order chi connectivity index (χ1) is 9.38. The Bertz CT molecular complexity index is 739. The molecule has 1 heterocycles. The number of nitrogens with one attached hydrogen (secondary N) is 2. The number of aromatic carboxylic acids is 1. The highest BCUT2D eigenvalue weighted by atomic mass is 35.5. The second-order valence-corrected chi connectivity index (χ2v) is 6.21. The van der Waals surface area contributed by atoms with Crippen LogP contribution in [-0.4, -0.2) is 24.5 Å². The third kappa shape index (κ3) is 3.38. The van der Waals surface area contributed by atoms with Crippen LogP contribution in [0.3, 0.4) is 0 Å². The van der Waals surface area contributed by atoms with Gasteiger partial charge >= 0.3 is 5.97 Å². The first kappa shape index (κ1) is 14.6. The van der Waals surface area contributed by atoms with Crippen LogP contribution in [0.4, 0.5) is 0 Å². The molecule has 2 rings (SSSR count). The minimum Gasteiger partial charge on any atom is -0.477 e. The maximum atomic E-state index is 12.0. The lowest BCUT2D eigenvalue weighted by atomic mass is 10.2. The molecule has 1 aromatic heterocycles. The summed E-state index contributed by atoms with van der Waals surface area (Å²) in [5, 5.41) is 9.25. The fourth-order valence-electron chi connectivity index (χ4n) is 1.56. The van der Waals surface area contributed by atoms with Crippen molar-refractivity contribution in [3.05, 3.63) is 52.8 Å². The van der Waals surface area contributed by atoms with Crippen LogP contribution in [0.25, 0.3) is 0 Å². The van der Waals surface area contributed by atoms with Crippen molar-refractivity contribution >= 4 is 27.6 Å². The monoisotopic (exact) mass is 314 g/mol. The van der Waals surface area contributed by atoms with Crippen LogP contribution in [0.1, 0.15) is 16.1 Å². The van der Waals surface area contributed by atoms with Gasteiger partial charge in [0.1, 0.15) is 10.6 Å². The number of aromatic amines is 1. The number of sulfonamides is 1. The Morgan fingerprint density at radius 1 is 1.35 bits per heavy atom. The number of benzene rings is 1. The molecule has 8 heteroatoms. The number of H-pyrrole nitrogens is 1. The number of carbonyl (C=O) groups is 1. The van der Waals surface area contributed by atoms with Crippen molar-refractivity contribution in [2.75, 3.05) is 0 Å². The number of carboxylic acid groups (broad SMARTS) is 1.